The van der Waals surface area contributed by atoms with Gasteiger partial charge in [-0.2, -0.15) is 0 Å². The minimum Gasteiger partial charge on any atom is -0.496 e. The summed E-state index contributed by atoms with van der Waals surface area (Å²) in [5.74, 6) is 1.55. The van der Waals surface area contributed by atoms with E-state index >= 15 is 0 Å². The van der Waals surface area contributed by atoms with Crippen molar-refractivity contribution in [1.82, 2.24) is 4.98 Å². The molecule has 0 unspecified atom stereocenters. The third kappa shape index (κ3) is 1.66. The molecule has 0 fully saturated rings. The van der Waals surface area contributed by atoms with E-state index in [1.807, 2.05) is 19.1 Å². The third-order valence-electron chi connectivity index (χ3n) is 2.60. The van der Waals surface area contributed by atoms with Crippen molar-refractivity contribution in [3.63, 3.8) is 0 Å². The molecule has 0 saturated heterocycles. The van der Waals surface area contributed by atoms with E-state index in [4.69, 9.17) is 9.15 Å². The van der Waals surface area contributed by atoms with Crippen molar-refractivity contribution < 1.29 is 9.15 Å². The number of benzene rings is 1. The van der Waals surface area contributed by atoms with E-state index in [0.717, 1.165) is 22.4 Å². The van der Waals surface area contributed by atoms with Crippen LogP contribution in [0, 0.1) is 6.92 Å². The van der Waals surface area contributed by atoms with Crippen molar-refractivity contribution in [2.45, 2.75) is 33.1 Å². The molecule has 3 heteroatoms. The van der Waals surface area contributed by atoms with Crippen molar-refractivity contribution in [2.24, 2.45) is 0 Å². The number of fused-ring (bicyclic) bond motifs is 1. The first-order valence-corrected chi connectivity index (χ1v) is 5.38. The second kappa shape index (κ2) is 3.51. The summed E-state index contributed by atoms with van der Waals surface area (Å²) in [6.07, 6.45) is 0. The lowest BCUT2D eigenvalue weighted by Crippen LogP contribution is -2.13. The van der Waals surface area contributed by atoms with Gasteiger partial charge in [0, 0.05) is 12.5 Å². The molecule has 0 bridgehead atoms. The van der Waals surface area contributed by atoms with E-state index in [9.17, 15) is 0 Å². The monoisotopic (exact) mass is 219 g/mol. The highest BCUT2D eigenvalue weighted by atomic mass is 16.5. The zero-order valence-electron chi connectivity index (χ0n) is 10.4. The number of hydrogen-bond donors (Lipinski definition) is 0. The van der Waals surface area contributed by atoms with Crippen LogP contribution in [0.25, 0.3) is 11.1 Å². The molecule has 2 rings (SSSR count). The molecule has 0 amide bonds. The number of aromatic nitrogens is 1. The predicted octanol–water partition coefficient (Wildman–Crippen LogP) is 3.44. The van der Waals surface area contributed by atoms with Gasteiger partial charge in [-0.15, -0.1) is 0 Å². The van der Waals surface area contributed by atoms with E-state index in [-0.39, 0.29) is 5.41 Å². The Balaban J connectivity index is 2.83. The summed E-state index contributed by atoms with van der Waals surface area (Å²) in [7, 11) is 1.68. The van der Waals surface area contributed by atoms with Crippen molar-refractivity contribution >= 4 is 11.1 Å². The Morgan fingerprint density at radius 1 is 1.25 bits per heavy atom. The molecule has 0 atom stereocenters. The molecule has 0 N–H and O–H groups in total. The molecule has 0 spiro atoms. The lowest BCUT2D eigenvalue weighted by molar-refractivity contribution is 0.396. The van der Waals surface area contributed by atoms with Crippen LogP contribution in [0.2, 0.25) is 0 Å². The zero-order valence-corrected chi connectivity index (χ0v) is 10.4. The van der Waals surface area contributed by atoms with E-state index in [1.54, 1.807) is 7.11 Å². The minimum absolute atomic E-state index is 0.0309. The quantitative estimate of drug-likeness (QED) is 0.737. The fraction of sp³-hybridized carbons (Fsp3) is 0.462. The molecule has 3 nitrogen and oxygen atoms in total. The van der Waals surface area contributed by atoms with Gasteiger partial charge in [0.05, 0.1) is 7.11 Å². The highest BCUT2D eigenvalue weighted by molar-refractivity contribution is 5.80. The molecule has 1 aromatic heterocycles. The van der Waals surface area contributed by atoms with Gasteiger partial charge in [-0.3, -0.25) is 0 Å². The van der Waals surface area contributed by atoms with Crippen molar-refractivity contribution in [3.05, 3.63) is 23.6 Å². The van der Waals surface area contributed by atoms with Crippen LogP contribution >= 0.6 is 0 Å². The molecule has 0 aliphatic rings. The maximum absolute atomic E-state index is 5.68. The number of oxazole rings is 1. The standard InChI is InChI=1S/C13H17NO2/c1-8-14-9-6-7-10(15-5)11(12(9)16-8)13(2,3)4/h6-7H,1-5H3. The molecule has 2 aromatic rings. The van der Waals surface area contributed by atoms with Gasteiger partial charge in [0.25, 0.3) is 0 Å². The van der Waals surface area contributed by atoms with Crippen LogP contribution in [0.4, 0.5) is 0 Å². The number of hydrogen-bond acceptors (Lipinski definition) is 3. The first kappa shape index (κ1) is 11.0. The van der Waals surface area contributed by atoms with Crippen LogP contribution in [0.3, 0.4) is 0 Å². The normalized spacial score (nSPS) is 12.1. The van der Waals surface area contributed by atoms with Crippen LogP contribution in [0.15, 0.2) is 16.5 Å². The Labute approximate surface area is 95.4 Å². The van der Waals surface area contributed by atoms with E-state index < -0.39 is 0 Å². The fourth-order valence-corrected chi connectivity index (χ4v) is 1.97. The summed E-state index contributed by atoms with van der Waals surface area (Å²) in [4.78, 5) is 4.34. The van der Waals surface area contributed by atoms with Crippen LogP contribution < -0.4 is 4.74 Å². The van der Waals surface area contributed by atoms with Gasteiger partial charge in [-0.05, 0) is 17.5 Å². The molecule has 0 saturated carbocycles. The van der Waals surface area contributed by atoms with Gasteiger partial charge in [0.2, 0.25) is 0 Å². The fourth-order valence-electron chi connectivity index (χ4n) is 1.97. The van der Waals surface area contributed by atoms with Gasteiger partial charge in [0.1, 0.15) is 11.3 Å². The Bertz CT molecular complexity index is 520. The second-order valence-corrected chi connectivity index (χ2v) is 4.97. The lowest BCUT2D eigenvalue weighted by atomic mass is 9.85. The molecule has 0 aliphatic carbocycles. The Hall–Kier alpha value is -1.51. The average Bonchev–Trinajstić information content (AvgIpc) is 2.54. The van der Waals surface area contributed by atoms with Crippen molar-refractivity contribution in [3.8, 4) is 5.75 Å². The van der Waals surface area contributed by atoms with Crippen LogP contribution in [-0.2, 0) is 5.41 Å². The van der Waals surface area contributed by atoms with Gasteiger partial charge in [-0.1, -0.05) is 20.8 Å². The van der Waals surface area contributed by atoms with Crippen LogP contribution in [0.5, 0.6) is 5.75 Å². The Kier molecular flexibility index (Phi) is 2.41. The molecular weight excluding hydrogens is 202 g/mol. The lowest BCUT2D eigenvalue weighted by Gasteiger charge is -2.21. The minimum atomic E-state index is -0.0309. The smallest absolute Gasteiger partial charge is 0.192 e. The summed E-state index contributed by atoms with van der Waals surface area (Å²) in [6.45, 7) is 8.28. The van der Waals surface area contributed by atoms with Crippen LogP contribution in [0.1, 0.15) is 32.2 Å². The predicted molar refractivity (Wildman–Crippen MR) is 64.0 cm³/mol. The summed E-state index contributed by atoms with van der Waals surface area (Å²) in [5.41, 5.74) is 2.78. The van der Waals surface area contributed by atoms with Crippen molar-refractivity contribution in [2.75, 3.05) is 7.11 Å². The Morgan fingerprint density at radius 2 is 1.94 bits per heavy atom. The molecule has 0 aliphatic heterocycles. The number of ether oxygens (including phenoxy) is 1. The van der Waals surface area contributed by atoms with Gasteiger partial charge in [-0.25, -0.2) is 4.98 Å². The molecule has 1 heterocycles. The van der Waals surface area contributed by atoms with Gasteiger partial charge < -0.3 is 9.15 Å². The average molecular weight is 219 g/mol. The van der Waals surface area contributed by atoms with E-state index in [0.29, 0.717) is 5.89 Å². The van der Waals surface area contributed by atoms with Crippen LogP contribution in [-0.4, -0.2) is 12.1 Å². The molecular formula is C13H17NO2. The van der Waals surface area contributed by atoms with Crippen molar-refractivity contribution in [1.29, 1.82) is 0 Å². The van der Waals surface area contributed by atoms with E-state index in [2.05, 4.69) is 25.8 Å². The summed E-state index contributed by atoms with van der Waals surface area (Å²) < 4.78 is 11.1. The second-order valence-electron chi connectivity index (χ2n) is 4.97. The van der Waals surface area contributed by atoms with Gasteiger partial charge in [0.15, 0.2) is 11.5 Å². The molecule has 16 heavy (non-hydrogen) atoms. The number of rotatable bonds is 1. The molecule has 86 valence electrons. The molecule has 1 aromatic carbocycles. The highest BCUT2D eigenvalue weighted by Crippen LogP contribution is 2.37. The number of nitrogens with zero attached hydrogens (tertiary/aromatic N) is 1. The number of methoxy groups -OCH3 is 1. The van der Waals surface area contributed by atoms with Gasteiger partial charge >= 0.3 is 0 Å². The topological polar surface area (TPSA) is 35.3 Å². The maximum Gasteiger partial charge on any atom is 0.192 e. The highest BCUT2D eigenvalue weighted by Gasteiger charge is 2.24. The first-order valence-electron chi connectivity index (χ1n) is 5.38. The summed E-state index contributed by atoms with van der Waals surface area (Å²) in [6, 6.07) is 3.88. The maximum atomic E-state index is 5.68. The zero-order chi connectivity index (χ0) is 11.9. The summed E-state index contributed by atoms with van der Waals surface area (Å²) in [5, 5.41) is 0. The SMILES string of the molecule is COc1ccc2nc(C)oc2c1C(C)(C)C. The Morgan fingerprint density at radius 3 is 2.50 bits per heavy atom. The summed E-state index contributed by atoms with van der Waals surface area (Å²) >= 11 is 0. The molecule has 0 radical (unpaired) electrons. The van der Waals surface area contributed by atoms with E-state index in [1.165, 1.54) is 0 Å². The first-order chi connectivity index (χ1) is 7.43. The number of aryl methyl sites for hydroxylation is 1. The third-order valence-corrected chi connectivity index (χ3v) is 2.60. The largest absolute Gasteiger partial charge is 0.496 e.